The number of carboxylic acid groups (broad SMARTS) is 1. The van der Waals surface area contributed by atoms with Gasteiger partial charge >= 0.3 is 5.97 Å². The Kier molecular flexibility index (Phi) is 3.74. The van der Waals surface area contributed by atoms with Crippen LogP contribution in [0.3, 0.4) is 0 Å². The maximum absolute atomic E-state index is 10.5. The van der Waals surface area contributed by atoms with E-state index < -0.39 is 5.97 Å². The number of nitrogens with one attached hydrogen (secondary N) is 1. The number of aliphatic carboxylic acids is 1. The molecule has 94 valence electrons. The van der Waals surface area contributed by atoms with Gasteiger partial charge in [-0.1, -0.05) is 30.3 Å². The minimum absolute atomic E-state index is 0.271. The highest BCUT2D eigenvalue weighted by Crippen LogP contribution is 2.22. The first kappa shape index (κ1) is 12.6. The van der Waals surface area contributed by atoms with Crippen LogP contribution in [0.2, 0.25) is 0 Å². The lowest BCUT2D eigenvalue weighted by Gasteiger charge is -2.07. The van der Waals surface area contributed by atoms with Crippen molar-refractivity contribution in [2.75, 3.05) is 11.9 Å². The Morgan fingerprint density at radius 3 is 2.68 bits per heavy atom. The fourth-order valence-electron chi connectivity index (χ4n) is 1.64. The Bertz CT molecular complexity index is 633. The molecule has 2 aromatic rings. The molecule has 2 N–H and O–H groups in total. The molecular weight excluding hydrogens is 242 g/mol. The summed E-state index contributed by atoms with van der Waals surface area (Å²) in [6, 6.07) is 13.2. The summed E-state index contributed by atoms with van der Waals surface area (Å²) in [7, 11) is 0. The molecule has 1 heterocycles. The molecule has 0 fully saturated rings. The Hall–Kier alpha value is -2.87. The van der Waals surface area contributed by atoms with Crippen molar-refractivity contribution in [1.82, 2.24) is 4.98 Å². The van der Waals surface area contributed by atoms with E-state index in [0.29, 0.717) is 5.56 Å². The zero-order chi connectivity index (χ0) is 13.7. The van der Waals surface area contributed by atoms with Gasteiger partial charge in [0.25, 0.3) is 0 Å². The van der Waals surface area contributed by atoms with Crippen molar-refractivity contribution in [2.45, 2.75) is 0 Å². The molecule has 0 radical (unpaired) electrons. The van der Waals surface area contributed by atoms with E-state index in [-0.39, 0.29) is 12.4 Å². The molecule has 0 aliphatic rings. The number of benzene rings is 1. The molecule has 2 rings (SSSR count). The van der Waals surface area contributed by atoms with Crippen molar-refractivity contribution in [1.29, 1.82) is 5.26 Å². The first-order valence-corrected chi connectivity index (χ1v) is 5.62. The second-order valence-electron chi connectivity index (χ2n) is 3.85. The third-order valence-corrected chi connectivity index (χ3v) is 2.52. The summed E-state index contributed by atoms with van der Waals surface area (Å²) in [6.45, 7) is -0.271. The van der Waals surface area contributed by atoms with Crippen molar-refractivity contribution in [3.8, 4) is 17.2 Å². The molecule has 5 heteroatoms. The minimum Gasteiger partial charge on any atom is -0.480 e. The number of pyridine rings is 1. The van der Waals surface area contributed by atoms with Gasteiger partial charge in [-0.05, 0) is 11.6 Å². The van der Waals surface area contributed by atoms with Crippen LogP contribution in [0, 0.1) is 11.3 Å². The van der Waals surface area contributed by atoms with Crippen LogP contribution >= 0.6 is 0 Å². The second kappa shape index (κ2) is 5.65. The van der Waals surface area contributed by atoms with E-state index in [1.54, 1.807) is 12.3 Å². The number of nitriles is 1. The molecule has 1 aromatic carbocycles. The number of carbonyl (C=O) groups is 1. The van der Waals surface area contributed by atoms with Crippen molar-refractivity contribution in [2.24, 2.45) is 0 Å². The van der Waals surface area contributed by atoms with Gasteiger partial charge in [0.1, 0.15) is 18.4 Å². The largest absolute Gasteiger partial charge is 0.480 e. The quantitative estimate of drug-likeness (QED) is 0.871. The zero-order valence-electron chi connectivity index (χ0n) is 10.00. The minimum atomic E-state index is -1.00. The van der Waals surface area contributed by atoms with E-state index in [1.807, 2.05) is 36.4 Å². The van der Waals surface area contributed by atoms with Gasteiger partial charge in [0.15, 0.2) is 0 Å². The van der Waals surface area contributed by atoms with Gasteiger partial charge in [-0.3, -0.25) is 4.79 Å². The van der Waals surface area contributed by atoms with E-state index in [0.717, 1.165) is 11.1 Å². The van der Waals surface area contributed by atoms with Gasteiger partial charge in [-0.25, -0.2) is 4.98 Å². The molecule has 0 aliphatic carbocycles. The lowest BCUT2D eigenvalue weighted by Crippen LogP contribution is -2.14. The van der Waals surface area contributed by atoms with E-state index >= 15 is 0 Å². The summed E-state index contributed by atoms with van der Waals surface area (Å²) in [6.07, 6.45) is 1.61. The van der Waals surface area contributed by atoms with Gasteiger partial charge in [-0.2, -0.15) is 5.26 Å². The summed E-state index contributed by atoms with van der Waals surface area (Å²) in [5.41, 5.74) is 2.09. The normalized spacial score (nSPS) is 9.63. The van der Waals surface area contributed by atoms with E-state index in [9.17, 15) is 4.79 Å². The van der Waals surface area contributed by atoms with Gasteiger partial charge < -0.3 is 10.4 Å². The maximum atomic E-state index is 10.5. The molecule has 5 nitrogen and oxygen atoms in total. The van der Waals surface area contributed by atoms with Crippen LogP contribution in [0.15, 0.2) is 42.6 Å². The standard InChI is InChI=1S/C14H11N3O2/c15-7-11-6-12(10-4-2-1-3-5-10)8-16-14(11)17-9-13(18)19/h1-6,8H,9H2,(H,16,17)(H,18,19). The van der Waals surface area contributed by atoms with E-state index in [1.165, 1.54) is 0 Å². The number of anilines is 1. The highest BCUT2D eigenvalue weighted by atomic mass is 16.4. The molecule has 0 unspecified atom stereocenters. The number of hydrogen-bond acceptors (Lipinski definition) is 4. The van der Waals surface area contributed by atoms with E-state index in [2.05, 4.69) is 10.3 Å². The van der Waals surface area contributed by atoms with Gasteiger partial charge in [0.2, 0.25) is 0 Å². The number of rotatable bonds is 4. The zero-order valence-corrected chi connectivity index (χ0v) is 10.00. The topological polar surface area (TPSA) is 86.0 Å². The lowest BCUT2D eigenvalue weighted by atomic mass is 10.1. The summed E-state index contributed by atoms with van der Waals surface area (Å²) >= 11 is 0. The van der Waals surface area contributed by atoms with Crippen LogP contribution in [0.1, 0.15) is 5.56 Å². The summed E-state index contributed by atoms with van der Waals surface area (Å²) in [5.74, 6) is -0.720. The Morgan fingerprint density at radius 2 is 2.05 bits per heavy atom. The number of carboxylic acids is 1. The SMILES string of the molecule is N#Cc1cc(-c2ccccc2)cnc1NCC(=O)O. The monoisotopic (exact) mass is 253 g/mol. The molecule has 0 spiro atoms. The molecule has 1 aromatic heterocycles. The third kappa shape index (κ3) is 3.07. The molecular formula is C14H11N3O2. The van der Waals surface area contributed by atoms with Crippen LogP contribution in [-0.4, -0.2) is 22.6 Å². The molecule has 0 amide bonds. The van der Waals surface area contributed by atoms with Crippen molar-refractivity contribution < 1.29 is 9.90 Å². The van der Waals surface area contributed by atoms with Gasteiger partial charge in [0.05, 0.1) is 5.56 Å². The highest BCUT2D eigenvalue weighted by Gasteiger charge is 2.07. The van der Waals surface area contributed by atoms with Crippen LogP contribution in [0.25, 0.3) is 11.1 Å². The smallest absolute Gasteiger partial charge is 0.322 e. The van der Waals surface area contributed by atoms with Crippen molar-refractivity contribution in [3.63, 3.8) is 0 Å². The number of aromatic nitrogens is 1. The summed E-state index contributed by atoms with van der Waals surface area (Å²) < 4.78 is 0. The Labute approximate surface area is 110 Å². The first-order chi connectivity index (χ1) is 9.20. The molecule has 0 saturated carbocycles. The van der Waals surface area contributed by atoms with Crippen LogP contribution in [-0.2, 0) is 4.79 Å². The maximum Gasteiger partial charge on any atom is 0.322 e. The summed E-state index contributed by atoms with van der Waals surface area (Å²) in [5, 5.41) is 20.3. The molecule has 19 heavy (non-hydrogen) atoms. The average molecular weight is 253 g/mol. The third-order valence-electron chi connectivity index (χ3n) is 2.52. The lowest BCUT2D eigenvalue weighted by molar-refractivity contribution is -0.134. The van der Waals surface area contributed by atoms with Crippen LogP contribution < -0.4 is 5.32 Å². The molecule has 0 atom stereocenters. The molecule has 0 saturated heterocycles. The predicted octanol–water partition coefficient (Wildman–Crippen LogP) is 2.12. The second-order valence-corrected chi connectivity index (χ2v) is 3.85. The summed E-state index contributed by atoms with van der Waals surface area (Å²) in [4.78, 5) is 14.6. The molecule has 0 bridgehead atoms. The Balaban J connectivity index is 2.32. The number of hydrogen-bond donors (Lipinski definition) is 2. The van der Waals surface area contributed by atoms with Crippen molar-refractivity contribution in [3.05, 3.63) is 48.2 Å². The van der Waals surface area contributed by atoms with Crippen molar-refractivity contribution >= 4 is 11.8 Å². The van der Waals surface area contributed by atoms with Gasteiger partial charge in [0, 0.05) is 11.8 Å². The van der Waals surface area contributed by atoms with Crippen LogP contribution in [0.5, 0.6) is 0 Å². The fraction of sp³-hybridized carbons (Fsp3) is 0.0714. The Morgan fingerprint density at radius 1 is 1.32 bits per heavy atom. The van der Waals surface area contributed by atoms with E-state index in [4.69, 9.17) is 10.4 Å². The predicted molar refractivity (Wildman–Crippen MR) is 70.5 cm³/mol. The first-order valence-electron chi connectivity index (χ1n) is 5.62. The fourth-order valence-corrected chi connectivity index (χ4v) is 1.64. The molecule has 0 aliphatic heterocycles. The van der Waals surface area contributed by atoms with Crippen LogP contribution in [0.4, 0.5) is 5.82 Å². The highest BCUT2D eigenvalue weighted by molar-refractivity contribution is 5.74. The average Bonchev–Trinajstić information content (AvgIpc) is 2.45. The number of nitrogens with zero attached hydrogens (tertiary/aromatic N) is 2. The van der Waals surface area contributed by atoms with Gasteiger partial charge in [-0.15, -0.1) is 0 Å².